The van der Waals surface area contributed by atoms with Gasteiger partial charge in [-0.2, -0.15) is 21.9 Å². The van der Waals surface area contributed by atoms with Crippen molar-refractivity contribution in [3.63, 3.8) is 0 Å². The molecule has 0 aromatic carbocycles. The number of hydrogen-bond acceptors (Lipinski definition) is 5. The molecule has 2 atom stereocenters. The summed E-state index contributed by atoms with van der Waals surface area (Å²) in [5.74, 6) is 0. The van der Waals surface area contributed by atoms with Crippen molar-refractivity contribution in [1.29, 1.82) is 0 Å². The summed E-state index contributed by atoms with van der Waals surface area (Å²) in [6.45, 7) is 4.47. The van der Waals surface area contributed by atoms with Crippen molar-refractivity contribution in [2.24, 2.45) is 13.5 Å². The van der Waals surface area contributed by atoms with Crippen molar-refractivity contribution in [1.82, 2.24) is 9.34 Å². The van der Waals surface area contributed by atoms with E-state index in [2.05, 4.69) is 13.5 Å². The maximum Gasteiger partial charge on any atom is 0.325 e. The van der Waals surface area contributed by atoms with E-state index in [9.17, 15) is 8.39 Å². The summed E-state index contributed by atoms with van der Waals surface area (Å²) in [6, 6.07) is 0. The molecule has 0 fully saturated rings. The number of halogens is 2. The fourth-order valence-corrected chi connectivity index (χ4v) is 7.21. The van der Waals surface area contributed by atoms with Crippen LogP contribution in [0.15, 0.2) is 13.5 Å². The molecule has 94 valence electrons. The quantitative estimate of drug-likeness (QED) is 0.699. The lowest BCUT2D eigenvalue weighted by Gasteiger charge is -2.27. The van der Waals surface area contributed by atoms with Crippen LogP contribution in [0.5, 0.6) is 0 Å². The van der Waals surface area contributed by atoms with Crippen molar-refractivity contribution < 1.29 is 8.39 Å². The second kappa shape index (κ2) is 5.32. The minimum Gasteiger partial charge on any atom is -0.229 e. The Labute approximate surface area is 96.7 Å². The molecule has 10 heteroatoms. The van der Waals surface area contributed by atoms with Crippen molar-refractivity contribution in [3.05, 3.63) is 0 Å². The number of nitrogens with zero attached hydrogens (tertiary/aromatic N) is 5. The SMILES string of the molecule is CCN(C)P1(F)=NP=NP(F)(N(C)CC)=N1. The lowest BCUT2D eigenvalue weighted by molar-refractivity contribution is 0.525. The van der Waals surface area contributed by atoms with Crippen molar-refractivity contribution in [2.75, 3.05) is 27.2 Å². The second-order valence-electron chi connectivity index (χ2n) is 3.30. The zero-order valence-electron chi connectivity index (χ0n) is 9.75. The van der Waals surface area contributed by atoms with E-state index >= 15 is 0 Å². The Bertz CT molecular complexity index is 380. The van der Waals surface area contributed by atoms with Gasteiger partial charge < -0.3 is 0 Å². The summed E-state index contributed by atoms with van der Waals surface area (Å²) in [6.07, 6.45) is 0. The van der Waals surface area contributed by atoms with Crippen molar-refractivity contribution in [2.45, 2.75) is 13.8 Å². The first-order valence-electron chi connectivity index (χ1n) is 4.88. The topological polar surface area (TPSA) is 43.6 Å². The lowest BCUT2D eigenvalue weighted by Crippen LogP contribution is -2.14. The standard InChI is InChI=1S/C6H16F2N5P3/c1-5-12(3)15(7)9-14-10-16(8,11-15)13(4)6-2/h5-6H2,1-4H3. The molecule has 0 amide bonds. The maximum atomic E-state index is 14.4. The fourth-order valence-electron chi connectivity index (χ4n) is 0.933. The molecule has 2 unspecified atom stereocenters. The van der Waals surface area contributed by atoms with E-state index in [1.807, 2.05) is 0 Å². The van der Waals surface area contributed by atoms with Crippen LogP contribution in [-0.2, 0) is 0 Å². The predicted octanol–water partition coefficient (Wildman–Crippen LogP) is 4.78. The van der Waals surface area contributed by atoms with E-state index in [0.717, 1.165) is 0 Å². The van der Waals surface area contributed by atoms with Crippen LogP contribution in [0.3, 0.4) is 0 Å². The van der Waals surface area contributed by atoms with Crippen LogP contribution < -0.4 is 0 Å². The van der Waals surface area contributed by atoms with Gasteiger partial charge in [-0.05, 0) is 14.1 Å². The van der Waals surface area contributed by atoms with E-state index in [-0.39, 0.29) is 8.52 Å². The van der Waals surface area contributed by atoms with Crippen LogP contribution in [0.25, 0.3) is 0 Å². The van der Waals surface area contributed by atoms with Crippen LogP contribution >= 0.6 is 23.9 Å². The maximum absolute atomic E-state index is 14.4. The zero-order valence-corrected chi connectivity index (χ0v) is 12.4. The zero-order chi connectivity index (χ0) is 12.4. The Morgan fingerprint density at radius 3 is 2.06 bits per heavy atom. The highest BCUT2D eigenvalue weighted by Gasteiger charge is 2.34. The fraction of sp³-hybridized carbons (Fsp3) is 1.00. The first-order valence-corrected chi connectivity index (χ1v) is 8.76. The van der Waals surface area contributed by atoms with Gasteiger partial charge in [0.2, 0.25) is 0 Å². The average molecular weight is 289 g/mol. The van der Waals surface area contributed by atoms with Crippen LogP contribution in [0.4, 0.5) is 8.39 Å². The molecule has 0 spiro atoms. The van der Waals surface area contributed by atoms with E-state index in [1.54, 1.807) is 27.9 Å². The first-order chi connectivity index (χ1) is 7.38. The van der Waals surface area contributed by atoms with Crippen LogP contribution in [0, 0.1) is 0 Å². The highest BCUT2D eigenvalue weighted by molar-refractivity contribution is 7.74. The molecule has 0 aromatic heterocycles. The molecule has 0 bridgehead atoms. The van der Waals surface area contributed by atoms with E-state index in [4.69, 9.17) is 0 Å². The van der Waals surface area contributed by atoms with E-state index in [0.29, 0.717) is 13.1 Å². The highest BCUT2D eigenvalue weighted by atomic mass is 31.3. The monoisotopic (exact) mass is 289 g/mol. The minimum atomic E-state index is -3.53. The van der Waals surface area contributed by atoms with Crippen LogP contribution in [0.1, 0.15) is 13.8 Å². The highest BCUT2D eigenvalue weighted by Crippen LogP contribution is 2.73. The molecule has 16 heavy (non-hydrogen) atoms. The summed E-state index contributed by atoms with van der Waals surface area (Å²) in [7, 11) is -3.81. The third-order valence-electron chi connectivity index (χ3n) is 2.32. The molecule has 1 aliphatic rings. The Kier molecular flexibility index (Phi) is 4.79. The van der Waals surface area contributed by atoms with Gasteiger partial charge in [-0.25, -0.2) is 9.34 Å². The minimum absolute atomic E-state index is 0.118. The predicted molar refractivity (Wildman–Crippen MR) is 66.9 cm³/mol. The second-order valence-corrected chi connectivity index (χ2v) is 8.97. The molecule has 0 saturated heterocycles. The third-order valence-corrected chi connectivity index (χ3v) is 8.90. The van der Waals surface area contributed by atoms with Gasteiger partial charge in [-0.1, -0.05) is 13.8 Å². The molecular formula is C6H16F2N5P3. The first kappa shape index (κ1) is 14.4. The van der Waals surface area contributed by atoms with Crippen LogP contribution in [0.2, 0.25) is 0 Å². The normalized spacial score (nSPS) is 35.0. The van der Waals surface area contributed by atoms with Crippen LogP contribution in [-0.4, -0.2) is 36.5 Å². The summed E-state index contributed by atoms with van der Waals surface area (Å²) in [4.78, 5) is 0. The molecule has 0 aromatic rings. The molecule has 5 nitrogen and oxygen atoms in total. The number of hydrogen-bond donors (Lipinski definition) is 0. The van der Waals surface area contributed by atoms with Gasteiger partial charge in [0.15, 0.2) is 8.52 Å². The Balaban J connectivity index is 3.20. The van der Waals surface area contributed by atoms with Crippen molar-refractivity contribution >= 4 is 23.9 Å². The van der Waals surface area contributed by atoms with Gasteiger partial charge in [0, 0.05) is 13.1 Å². The van der Waals surface area contributed by atoms with Gasteiger partial charge in [0.05, 0.1) is 0 Å². The van der Waals surface area contributed by atoms with Gasteiger partial charge in [0.1, 0.15) is 0 Å². The van der Waals surface area contributed by atoms with Gasteiger partial charge in [-0.3, -0.25) is 0 Å². The Hall–Kier alpha value is 0.340. The molecule has 1 rings (SSSR count). The Morgan fingerprint density at radius 1 is 1.06 bits per heavy atom. The summed E-state index contributed by atoms with van der Waals surface area (Å²) in [5, 5.41) is 0. The Morgan fingerprint density at radius 2 is 1.56 bits per heavy atom. The number of rotatable bonds is 4. The average Bonchev–Trinajstić information content (AvgIpc) is 2.26. The van der Waals surface area contributed by atoms with Gasteiger partial charge in [-0.15, -0.1) is 0 Å². The largest absolute Gasteiger partial charge is 0.325 e. The molecular weight excluding hydrogens is 273 g/mol. The van der Waals surface area contributed by atoms with Crippen molar-refractivity contribution in [3.8, 4) is 0 Å². The molecule has 0 N–H and O–H groups in total. The molecule has 1 heterocycles. The summed E-state index contributed by atoms with van der Waals surface area (Å²) < 4.78 is 42.6. The van der Waals surface area contributed by atoms with Gasteiger partial charge in [0.25, 0.3) is 0 Å². The molecule has 0 aliphatic carbocycles. The van der Waals surface area contributed by atoms with E-state index in [1.165, 1.54) is 9.34 Å². The molecule has 1 aliphatic heterocycles. The molecule has 0 radical (unpaired) electrons. The lowest BCUT2D eigenvalue weighted by atomic mass is 10.8. The summed E-state index contributed by atoms with van der Waals surface area (Å²) >= 11 is 0. The van der Waals surface area contributed by atoms with E-state index < -0.39 is 15.3 Å². The smallest absolute Gasteiger partial charge is 0.229 e. The third kappa shape index (κ3) is 2.77. The van der Waals surface area contributed by atoms with Gasteiger partial charge >= 0.3 is 15.3 Å². The summed E-state index contributed by atoms with van der Waals surface area (Å²) in [5.41, 5.74) is 0. The molecule has 0 saturated carbocycles.